The molecule has 8 nitrogen and oxygen atoms in total. The van der Waals surface area contributed by atoms with Gasteiger partial charge in [0.25, 0.3) is 0 Å². The third kappa shape index (κ3) is 37.5. The predicted molar refractivity (Wildman–Crippen MR) is 210 cm³/mol. The van der Waals surface area contributed by atoms with Gasteiger partial charge in [0.2, 0.25) is 0 Å². The minimum Gasteiger partial charge on any atom is -0.473 e. The van der Waals surface area contributed by atoms with E-state index in [0.717, 1.165) is 129 Å². The first-order chi connectivity index (χ1) is 25.1. The number of rotatable bonds is 38. The summed E-state index contributed by atoms with van der Waals surface area (Å²) in [4.78, 5) is 26.5. The largest absolute Gasteiger partial charge is 0.473 e. The number of hydrogen-bond donors (Lipinski definition) is 1. The van der Waals surface area contributed by atoms with Crippen LogP contribution in [0.25, 0.3) is 0 Å². The summed E-state index contributed by atoms with van der Waals surface area (Å²) in [6.45, 7) is 10.8. The molecule has 0 rings (SSSR count). The average Bonchev–Trinajstić information content (AvgIpc) is 3.13. The van der Waals surface area contributed by atoms with Crippen molar-refractivity contribution in [3.63, 3.8) is 0 Å². The molecular formula is C43H79NO7. The van der Waals surface area contributed by atoms with Crippen molar-refractivity contribution >= 4 is 11.9 Å². The maximum absolute atomic E-state index is 12.2. The number of carbonyl (C=O) groups is 2. The van der Waals surface area contributed by atoms with Gasteiger partial charge < -0.3 is 29.0 Å². The molecule has 1 N–H and O–H groups in total. The molecule has 0 radical (unpaired) electrons. The van der Waals surface area contributed by atoms with Crippen LogP contribution < -0.4 is 0 Å². The summed E-state index contributed by atoms with van der Waals surface area (Å²) in [6.07, 6.45) is 29.9. The quantitative estimate of drug-likeness (QED) is 0.0221. The van der Waals surface area contributed by atoms with Gasteiger partial charge in [-0.1, -0.05) is 110 Å². The molecule has 0 heterocycles. The van der Waals surface area contributed by atoms with E-state index in [9.17, 15) is 14.7 Å². The van der Waals surface area contributed by atoms with Crippen molar-refractivity contribution < 1.29 is 33.6 Å². The zero-order chi connectivity index (χ0) is 37.3. The highest BCUT2D eigenvalue weighted by Crippen LogP contribution is 2.12. The summed E-state index contributed by atoms with van der Waals surface area (Å²) in [5.41, 5.74) is 0. The molecule has 0 saturated carbocycles. The van der Waals surface area contributed by atoms with Crippen LogP contribution in [0.2, 0.25) is 0 Å². The molecule has 0 amide bonds. The molecule has 51 heavy (non-hydrogen) atoms. The van der Waals surface area contributed by atoms with E-state index in [2.05, 4.69) is 37.5 Å². The molecule has 0 spiro atoms. The molecular weight excluding hydrogens is 642 g/mol. The maximum Gasteiger partial charge on any atom is 0.305 e. The molecule has 0 saturated heterocycles. The van der Waals surface area contributed by atoms with Gasteiger partial charge in [0.1, 0.15) is 6.61 Å². The van der Waals surface area contributed by atoms with Crippen molar-refractivity contribution in [1.29, 1.82) is 0 Å². The molecule has 0 aromatic heterocycles. The highest BCUT2D eigenvalue weighted by atomic mass is 16.7. The normalized spacial score (nSPS) is 11.9. The Labute approximate surface area is 314 Å². The second kappa shape index (κ2) is 40.7. The second-order valence-electron chi connectivity index (χ2n) is 13.8. The number of allylic oxidation sites excluding steroid dienone is 1. The summed E-state index contributed by atoms with van der Waals surface area (Å²) in [5.74, 6) is 6.03. The number of carbonyl (C=O) groups excluding carboxylic acids is 2. The van der Waals surface area contributed by atoms with Crippen molar-refractivity contribution in [2.24, 2.45) is 0 Å². The highest BCUT2D eigenvalue weighted by molar-refractivity contribution is 5.69. The lowest BCUT2D eigenvalue weighted by molar-refractivity contribution is -0.145. The first kappa shape index (κ1) is 48.9. The van der Waals surface area contributed by atoms with Crippen LogP contribution >= 0.6 is 0 Å². The van der Waals surface area contributed by atoms with Crippen LogP contribution in [0, 0.1) is 11.8 Å². The second-order valence-corrected chi connectivity index (χ2v) is 13.8. The first-order valence-corrected chi connectivity index (χ1v) is 21.1. The van der Waals surface area contributed by atoms with Gasteiger partial charge in [-0.15, -0.1) is 5.92 Å². The Morgan fingerprint density at radius 2 is 1.18 bits per heavy atom. The topological polar surface area (TPSA) is 94.5 Å². The van der Waals surface area contributed by atoms with E-state index in [1.54, 1.807) is 6.26 Å². The molecule has 1 atom stereocenters. The zero-order valence-electron chi connectivity index (χ0n) is 33.4. The molecule has 0 aromatic carbocycles. The van der Waals surface area contributed by atoms with Crippen molar-refractivity contribution in [2.45, 2.75) is 194 Å². The van der Waals surface area contributed by atoms with Crippen LogP contribution in [0.3, 0.4) is 0 Å². The van der Waals surface area contributed by atoms with Crippen LogP contribution in [-0.4, -0.2) is 74.3 Å². The Morgan fingerprint density at radius 3 is 1.76 bits per heavy atom. The van der Waals surface area contributed by atoms with Crippen LogP contribution in [0.15, 0.2) is 12.3 Å². The van der Waals surface area contributed by atoms with E-state index in [4.69, 9.17) is 18.9 Å². The van der Waals surface area contributed by atoms with Crippen molar-refractivity contribution in [1.82, 2.24) is 4.90 Å². The SMILES string of the molecule is CCC/C=C/OC(CCCCC(=O)OCCCCCCN(CCO)CCCCCCCC(=O)OCCCCCCCCC)OCC#CCCCC. The average molecular weight is 722 g/mol. The number of unbranched alkanes of at least 4 members (excludes halogenated alkanes) is 17. The van der Waals surface area contributed by atoms with Gasteiger partial charge in [-0.25, -0.2) is 0 Å². The lowest BCUT2D eigenvalue weighted by Gasteiger charge is -2.21. The number of nitrogens with zero attached hydrogens (tertiary/aromatic N) is 1. The fourth-order valence-electron chi connectivity index (χ4n) is 5.67. The standard InChI is InChI=1S/C43H79NO7/c1-4-7-10-12-13-19-27-37-48-41(46)30-21-15-14-16-24-33-44(35-36-45)34-25-17-20-28-38-49-42(47)31-22-23-32-43(50-39-26-9-6-3)51-40-29-18-11-8-5-2/h26,39,43,45H,4-17,19-25,27-28,30-38,40H2,1-3H3/b39-26+. The maximum atomic E-state index is 12.2. The molecule has 298 valence electrons. The van der Waals surface area contributed by atoms with E-state index < -0.39 is 0 Å². The molecule has 0 aromatic rings. The van der Waals surface area contributed by atoms with Gasteiger partial charge in [-0.2, -0.15) is 0 Å². The number of hydrogen-bond acceptors (Lipinski definition) is 8. The molecule has 1 unspecified atom stereocenters. The lowest BCUT2D eigenvalue weighted by atomic mass is 10.1. The number of aliphatic hydroxyl groups excluding tert-OH is 1. The fourth-order valence-corrected chi connectivity index (χ4v) is 5.67. The minimum absolute atomic E-state index is 0.0454. The molecule has 0 bridgehead atoms. The monoisotopic (exact) mass is 722 g/mol. The van der Waals surface area contributed by atoms with Gasteiger partial charge in [0, 0.05) is 32.2 Å². The summed E-state index contributed by atoms with van der Waals surface area (Å²) in [5, 5.41) is 9.49. The molecule has 0 aliphatic carbocycles. The third-order valence-electron chi connectivity index (χ3n) is 8.89. The van der Waals surface area contributed by atoms with Gasteiger partial charge in [0.15, 0.2) is 6.29 Å². The van der Waals surface area contributed by atoms with Crippen LogP contribution in [-0.2, 0) is 28.5 Å². The van der Waals surface area contributed by atoms with Crippen molar-refractivity contribution in [3.05, 3.63) is 12.3 Å². The Kier molecular flexibility index (Phi) is 39.0. The number of aliphatic hydroxyl groups is 1. The zero-order valence-corrected chi connectivity index (χ0v) is 33.4. The van der Waals surface area contributed by atoms with Gasteiger partial charge >= 0.3 is 11.9 Å². The van der Waals surface area contributed by atoms with Gasteiger partial charge in [-0.05, 0) is 77.0 Å². The molecule has 0 aliphatic rings. The lowest BCUT2D eigenvalue weighted by Crippen LogP contribution is -2.29. The molecule has 8 heteroatoms. The first-order valence-electron chi connectivity index (χ1n) is 21.1. The Bertz CT molecular complexity index is 853. The number of ether oxygens (including phenoxy) is 4. The number of esters is 2. The Balaban J connectivity index is 3.85. The van der Waals surface area contributed by atoms with E-state index >= 15 is 0 Å². The van der Waals surface area contributed by atoms with Crippen LogP contribution in [0.4, 0.5) is 0 Å². The fraction of sp³-hybridized carbons (Fsp3) is 0.860. The summed E-state index contributed by atoms with van der Waals surface area (Å²) in [7, 11) is 0. The van der Waals surface area contributed by atoms with E-state index in [1.807, 2.05) is 6.08 Å². The summed E-state index contributed by atoms with van der Waals surface area (Å²) < 4.78 is 22.4. The van der Waals surface area contributed by atoms with Crippen LogP contribution in [0.5, 0.6) is 0 Å². The Hall–Kier alpha value is -2.08. The van der Waals surface area contributed by atoms with Crippen LogP contribution in [0.1, 0.15) is 188 Å². The van der Waals surface area contributed by atoms with E-state index in [-0.39, 0.29) is 24.8 Å². The summed E-state index contributed by atoms with van der Waals surface area (Å²) >= 11 is 0. The highest BCUT2D eigenvalue weighted by Gasteiger charge is 2.10. The molecule has 0 fully saturated rings. The summed E-state index contributed by atoms with van der Waals surface area (Å²) in [6, 6.07) is 0. The van der Waals surface area contributed by atoms with Crippen molar-refractivity contribution in [2.75, 3.05) is 46.1 Å². The van der Waals surface area contributed by atoms with E-state index in [1.165, 1.54) is 32.1 Å². The smallest absolute Gasteiger partial charge is 0.305 e. The van der Waals surface area contributed by atoms with Gasteiger partial charge in [0.05, 0.1) is 26.1 Å². The van der Waals surface area contributed by atoms with Gasteiger partial charge in [-0.3, -0.25) is 9.59 Å². The Morgan fingerprint density at radius 1 is 0.627 bits per heavy atom. The van der Waals surface area contributed by atoms with Crippen molar-refractivity contribution in [3.8, 4) is 11.8 Å². The molecule has 0 aliphatic heterocycles. The van der Waals surface area contributed by atoms with E-state index in [0.29, 0.717) is 45.6 Å². The third-order valence-corrected chi connectivity index (χ3v) is 8.89. The predicted octanol–water partition coefficient (Wildman–Crippen LogP) is 10.4. The minimum atomic E-state index is -0.346.